The molecular weight excluding hydrogens is 252 g/mol. The normalized spacial score (nSPS) is 22.7. The van der Waals surface area contributed by atoms with Gasteiger partial charge in [0, 0.05) is 37.8 Å². The number of nitrogens with zero attached hydrogens (tertiary/aromatic N) is 2. The summed E-state index contributed by atoms with van der Waals surface area (Å²) in [6.45, 7) is 2.62. The molecule has 0 radical (unpaired) electrons. The first-order chi connectivity index (χ1) is 9.77. The fourth-order valence-electron chi connectivity index (χ4n) is 3.30. The lowest BCUT2D eigenvalue weighted by Gasteiger charge is -2.39. The van der Waals surface area contributed by atoms with Crippen molar-refractivity contribution in [3.8, 4) is 0 Å². The number of likely N-dealkylation sites (N-methyl/N-ethyl adjacent to an activating group) is 1. The fourth-order valence-corrected chi connectivity index (χ4v) is 3.30. The minimum Gasteiger partial charge on any atom is -0.348 e. The van der Waals surface area contributed by atoms with Crippen LogP contribution in [0.3, 0.4) is 0 Å². The Bertz CT molecular complexity index is 408. The van der Waals surface area contributed by atoms with E-state index in [-0.39, 0.29) is 5.79 Å². The molecule has 0 atom stereocenters. The second-order valence-electron chi connectivity index (χ2n) is 5.93. The molecule has 2 aliphatic rings. The van der Waals surface area contributed by atoms with Crippen molar-refractivity contribution in [3.63, 3.8) is 0 Å². The molecule has 20 heavy (non-hydrogen) atoms. The first kappa shape index (κ1) is 14.0. The predicted octanol–water partition coefficient (Wildman–Crippen LogP) is 2.24. The number of pyridine rings is 1. The molecule has 2 heterocycles. The van der Waals surface area contributed by atoms with Gasteiger partial charge in [-0.2, -0.15) is 0 Å². The molecule has 2 fully saturated rings. The molecule has 4 nitrogen and oxygen atoms in total. The molecule has 0 aromatic carbocycles. The summed E-state index contributed by atoms with van der Waals surface area (Å²) in [5.74, 6) is -0.235. The lowest BCUT2D eigenvalue weighted by Crippen LogP contribution is -2.43. The van der Waals surface area contributed by atoms with Crippen LogP contribution in [0.4, 0.5) is 0 Å². The maximum atomic E-state index is 5.79. The van der Waals surface area contributed by atoms with Gasteiger partial charge in [-0.05, 0) is 37.9 Å². The van der Waals surface area contributed by atoms with Crippen molar-refractivity contribution in [1.82, 2.24) is 9.88 Å². The summed E-state index contributed by atoms with van der Waals surface area (Å²) in [4.78, 5) is 6.65. The van der Waals surface area contributed by atoms with E-state index >= 15 is 0 Å². The third-order valence-corrected chi connectivity index (χ3v) is 4.63. The molecule has 0 amide bonds. The summed E-state index contributed by atoms with van der Waals surface area (Å²) in [6.07, 6.45) is 9.27. The van der Waals surface area contributed by atoms with Gasteiger partial charge in [0.05, 0.1) is 13.2 Å². The van der Waals surface area contributed by atoms with Gasteiger partial charge in [-0.25, -0.2) is 0 Å². The molecule has 1 saturated heterocycles. The Morgan fingerprint density at radius 3 is 2.70 bits per heavy atom. The number of ether oxygens (including phenoxy) is 2. The highest BCUT2D eigenvalue weighted by atomic mass is 16.7. The molecule has 0 N–H and O–H groups in total. The van der Waals surface area contributed by atoms with E-state index in [9.17, 15) is 0 Å². The van der Waals surface area contributed by atoms with Crippen molar-refractivity contribution >= 4 is 0 Å². The smallest absolute Gasteiger partial charge is 0.168 e. The van der Waals surface area contributed by atoms with Crippen LogP contribution in [0.25, 0.3) is 0 Å². The van der Waals surface area contributed by atoms with Gasteiger partial charge < -0.3 is 14.4 Å². The third kappa shape index (κ3) is 3.19. The van der Waals surface area contributed by atoms with Crippen molar-refractivity contribution in [3.05, 3.63) is 30.1 Å². The van der Waals surface area contributed by atoms with Crippen LogP contribution in [-0.4, -0.2) is 48.5 Å². The second kappa shape index (κ2) is 6.20. The van der Waals surface area contributed by atoms with Crippen LogP contribution < -0.4 is 0 Å². The summed E-state index contributed by atoms with van der Waals surface area (Å²) in [6, 6.07) is 4.82. The number of hydrogen-bond acceptors (Lipinski definition) is 4. The highest BCUT2D eigenvalue weighted by Crippen LogP contribution is 2.37. The first-order valence-electron chi connectivity index (χ1n) is 7.64. The van der Waals surface area contributed by atoms with Crippen molar-refractivity contribution in [2.45, 2.75) is 43.9 Å². The minimum absolute atomic E-state index is 0.235. The van der Waals surface area contributed by atoms with Gasteiger partial charge in [-0.3, -0.25) is 4.98 Å². The van der Waals surface area contributed by atoms with E-state index in [0.29, 0.717) is 6.04 Å². The van der Waals surface area contributed by atoms with Crippen LogP contribution in [0.15, 0.2) is 24.5 Å². The molecule has 1 aromatic heterocycles. The van der Waals surface area contributed by atoms with Crippen molar-refractivity contribution < 1.29 is 9.47 Å². The maximum Gasteiger partial charge on any atom is 0.168 e. The van der Waals surface area contributed by atoms with E-state index in [1.807, 2.05) is 18.5 Å². The maximum absolute atomic E-state index is 5.79. The average molecular weight is 276 g/mol. The molecule has 1 aliphatic carbocycles. The molecule has 0 bridgehead atoms. The Morgan fingerprint density at radius 1 is 1.30 bits per heavy atom. The minimum atomic E-state index is -0.235. The Morgan fingerprint density at radius 2 is 2.05 bits per heavy atom. The summed E-state index contributed by atoms with van der Waals surface area (Å²) in [5, 5.41) is 0. The SMILES string of the molecule is CN(CCc1cccnc1)C1CCC2(CC1)OCCO2. The first-order valence-corrected chi connectivity index (χ1v) is 7.64. The number of rotatable bonds is 4. The molecule has 0 unspecified atom stereocenters. The van der Waals surface area contributed by atoms with E-state index in [1.165, 1.54) is 18.4 Å². The lowest BCUT2D eigenvalue weighted by molar-refractivity contribution is -0.183. The quantitative estimate of drug-likeness (QED) is 0.845. The molecule has 1 aromatic rings. The highest BCUT2D eigenvalue weighted by Gasteiger charge is 2.40. The Kier molecular flexibility index (Phi) is 4.34. The lowest BCUT2D eigenvalue weighted by atomic mass is 9.89. The molecule has 1 aliphatic heterocycles. The van der Waals surface area contributed by atoms with E-state index in [4.69, 9.17) is 9.47 Å². The number of aromatic nitrogens is 1. The van der Waals surface area contributed by atoms with E-state index in [2.05, 4.69) is 23.0 Å². The standard InChI is InChI=1S/C16H24N2O2/c1-18(10-6-14-3-2-9-17-13-14)15-4-7-16(8-5-15)19-11-12-20-16/h2-3,9,13,15H,4-8,10-12H2,1H3. The molecule has 1 spiro atoms. The van der Waals surface area contributed by atoms with E-state index < -0.39 is 0 Å². The van der Waals surface area contributed by atoms with Crippen LogP contribution in [0.2, 0.25) is 0 Å². The molecule has 110 valence electrons. The fraction of sp³-hybridized carbons (Fsp3) is 0.688. The zero-order valence-electron chi connectivity index (χ0n) is 12.3. The zero-order chi connectivity index (χ0) is 13.8. The predicted molar refractivity (Wildman–Crippen MR) is 77.5 cm³/mol. The molecule has 3 rings (SSSR count). The monoisotopic (exact) mass is 276 g/mol. The van der Waals surface area contributed by atoms with Crippen LogP contribution in [0.5, 0.6) is 0 Å². The highest BCUT2D eigenvalue weighted by molar-refractivity contribution is 5.08. The van der Waals surface area contributed by atoms with Crippen LogP contribution >= 0.6 is 0 Å². The van der Waals surface area contributed by atoms with Gasteiger partial charge in [-0.15, -0.1) is 0 Å². The number of hydrogen-bond donors (Lipinski definition) is 0. The average Bonchev–Trinajstić information content (AvgIpc) is 2.95. The van der Waals surface area contributed by atoms with Gasteiger partial charge >= 0.3 is 0 Å². The largest absolute Gasteiger partial charge is 0.348 e. The Labute approximate surface area is 121 Å². The van der Waals surface area contributed by atoms with Gasteiger partial charge in [0.25, 0.3) is 0 Å². The van der Waals surface area contributed by atoms with E-state index in [1.54, 1.807) is 0 Å². The van der Waals surface area contributed by atoms with Crippen molar-refractivity contribution in [2.75, 3.05) is 26.8 Å². The molecular formula is C16H24N2O2. The van der Waals surface area contributed by atoms with Crippen LogP contribution in [-0.2, 0) is 15.9 Å². The third-order valence-electron chi connectivity index (χ3n) is 4.63. The van der Waals surface area contributed by atoms with Crippen molar-refractivity contribution in [2.24, 2.45) is 0 Å². The summed E-state index contributed by atoms with van der Waals surface area (Å²) in [7, 11) is 2.23. The van der Waals surface area contributed by atoms with Gasteiger partial charge in [0.1, 0.15) is 0 Å². The summed E-state index contributed by atoms with van der Waals surface area (Å²) >= 11 is 0. The van der Waals surface area contributed by atoms with Gasteiger partial charge in [0.15, 0.2) is 5.79 Å². The van der Waals surface area contributed by atoms with Gasteiger partial charge in [0.2, 0.25) is 0 Å². The Balaban J connectivity index is 1.45. The zero-order valence-corrected chi connectivity index (χ0v) is 12.3. The van der Waals surface area contributed by atoms with E-state index in [0.717, 1.165) is 39.0 Å². The second-order valence-corrected chi connectivity index (χ2v) is 5.93. The summed E-state index contributed by atoms with van der Waals surface area (Å²) < 4.78 is 11.6. The van der Waals surface area contributed by atoms with Crippen LogP contribution in [0, 0.1) is 0 Å². The molecule has 1 saturated carbocycles. The van der Waals surface area contributed by atoms with Gasteiger partial charge in [-0.1, -0.05) is 6.07 Å². The van der Waals surface area contributed by atoms with Crippen molar-refractivity contribution in [1.29, 1.82) is 0 Å². The Hall–Kier alpha value is -0.970. The van der Waals surface area contributed by atoms with Crippen LogP contribution in [0.1, 0.15) is 31.2 Å². The topological polar surface area (TPSA) is 34.6 Å². The molecule has 4 heteroatoms. The summed E-state index contributed by atoms with van der Waals surface area (Å²) in [5.41, 5.74) is 1.31.